The standard InChI is InChI=1S/C26H28N2O3/c1-3-14-31-24-11-7-6-10-21(24)19-15-22(18-12-13-23(29)25(16-18)30-2)28-26(17-19)27-20-8-4-5-9-20/h3,6-7,10-13,15-17,20,29H,1,4-5,8-9,14H2,2H3,(H,27,28). The zero-order chi connectivity index (χ0) is 21.6. The minimum Gasteiger partial charge on any atom is -0.504 e. The number of methoxy groups -OCH3 is 1. The molecule has 0 amide bonds. The van der Waals surface area contributed by atoms with Gasteiger partial charge in [0.15, 0.2) is 11.5 Å². The van der Waals surface area contributed by atoms with Gasteiger partial charge in [-0.05, 0) is 54.8 Å². The SMILES string of the molecule is C=CCOc1ccccc1-c1cc(NC2CCCC2)nc(-c2ccc(O)c(OC)c2)c1. The molecule has 0 spiro atoms. The molecular formula is C26H28N2O3. The second-order valence-electron chi connectivity index (χ2n) is 7.73. The highest BCUT2D eigenvalue weighted by Crippen LogP contribution is 2.36. The Morgan fingerprint density at radius 1 is 1.06 bits per heavy atom. The highest BCUT2D eigenvalue weighted by Gasteiger charge is 2.17. The second-order valence-corrected chi connectivity index (χ2v) is 7.73. The minimum atomic E-state index is 0.106. The maximum Gasteiger partial charge on any atom is 0.161 e. The van der Waals surface area contributed by atoms with Crippen molar-refractivity contribution in [2.45, 2.75) is 31.7 Å². The van der Waals surface area contributed by atoms with E-state index in [2.05, 4.69) is 18.0 Å². The third-order valence-corrected chi connectivity index (χ3v) is 5.56. The average Bonchev–Trinajstić information content (AvgIpc) is 3.31. The number of para-hydroxylation sites is 1. The predicted octanol–water partition coefficient (Wildman–Crippen LogP) is 6.05. The number of rotatable bonds is 8. The quantitative estimate of drug-likeness (QED) is 0.438. The predicted molar refractivity (Wildman–Crippen MR) is 125 cm³/mol. The second kappa shape index (κ2) is 9.56. The van der Waals surface area contributed by atoms with E-state index in [1.165, 1.54) is 12.8 Å². The average molecular weight is 417 g/mol. The molecule has 160 valence electrons. The van der Waals surface area contributed by atoms with Gasteiger partial charge in [-0.2, -0.15) is 0 Å². The lowest BCUT2D eigenvalue weighted by atomic mass is 10.0. The van der Waals surface area contributed by atoms with Crippen molar-refractivity contribution in [2.24, 2.45) is 0 Å². The number of aromatic nitrogens is 1. The van der Waals surface area contributed by atoms with E-state index in [1.807, 2.05) is 36.4 Å². The monoisotopic (exact) mass is 416 g/mol. The van der Waals surface area contributed by atoms with Crippen LogP contribution in [0.3, 0.4) is 0 Å². The number of phenols is 1. The fourth-order valence-electron chi connectivity index (χ4n) is 4.00. The van der Waals surface area contributed by atoms with Crippen LogP contribution in [-0.4, -0.2) is 29.8 Å². The van der Waals surface area contributed by atoms with E-state index < -0.39 is 0 Å². The van der Waals surface area contributed by atoms with Gasteiger partial charge in [0.25, 0.3) is 0 Å². The van der Waals surface area contributed by atoms with Crippen LogP contribution in [0, 0.1) is 0 Å². The summed E-state index contributed by atoms with van der Waals surface area (Å²) in [6, 6.07) is 17.8. The topological polar surface area (TPSA) is 63.6 Å². The van der Waals surface area contributed by atoms with Crippen LogP contribution < -0.4 is 14.8 Å². The lowest BCUT2D eigenvalue weighted by Crippen LogP contribution is -2.15. The Kier molecular flexibility index (Phi) is 6.41. The number of nitrogens with zero attached hydrogens (tertiary/aromatic N) is 1. The molecule has 2 N–H and O–H groups in total. The molecule has 3 aromatic rings. The normalized spacial score (nSPS) is 13.7. The fourth-order valence-corrected chi connectivity index (χ4v) is 4.00. The van der Waals surface area contributed by atoms with Crippen LogP contribution in [0.25, 0.3) is 22.4 Å². The van der Waals surface area contributed by atoms with Crippen LogP contribution in [0.5, 0.6) is 17.2 Å². The van der Waals surface area contributed by atoms with Gasteiger partial charge in [-0.25, -0.2) is 4.98 Å². The summed E-state index contributed by atoms with van der Waals surface area (Å²) in [5, 5.41) is 13.6. The first kappa shape index (κ1) is 20.8. The molecule has 1 heterocycles. The summed E-state index contributed by atoms with van der Waals surface area (Å²) in [7, 11) is 1.54. The molecule has 1 aliphatic rings. The van der Waals surface area contributed by atoms with Crippen LogP contribution in [0.1, 0.15) is 25.7 Å². The molecule has 0 radical (unpaired) electrons. The summed E-state index contributed by atoms with van der Waals surface area (Å²) in [5.74, 6) is 2.17. The minimum absolute atomic E-state index is 0.106. The molecule has 1 aromatic heterocycles. The molecule has 0 saturated heterocycles. The van der Waals surface area contributed by atoms with E-state index in [9.17, 15) is 5.11 Å². The zero-order valence-electron chi connectivity index (χ0n) is 17.8. The van der Waals surface area contributed by atoms with Gasteiger partial charge in [-0.1, -0.05) is 43.7 Å². The molecule has 31 heavy (non-hydrogen) atoms. The summed E-state index contributed by atoms with van der Waals surface area (Å²) in [6.07, 6.45) is 6.56. The van der Waals surface area contributed by atoms with Crippen molar-refractivity contribution >= 4 is 5.82 Å². The van der Waals surface area contributed by atoms with Crippen molar-refractivity contribution in [3.05, 3.63) is 67.3 Å². The Labute approximate surface area is 183 Å². The van der Waals surface area contributed by atoms with E-state index in [1.54, 1.807) is 25.3 Å². The van der Waals surface area contributed by atoms with Gasteiger partial charge < -0.3 is 19.9 Å². The van der Waals surface area contributed by atoms with Crippen molar-refractivity contribution in [1.29, 1.82) is 0 Å². The number of nitrogens with one attached hydrogen (secondary N) is 1. The van der Waals surface area contributed by atoms with Crippen molar-refractivity contribution in [1.82, 2.24) is 4.98 Å². The Hall–Kier alpha value is -3.47. The van der Waals surface area contributed by atoms with Gasteiger partial charge >= 0.3 is 0 Å². The van der Waals surface area contributed by atoms with Crippen LogP contribution in [0.4, 0.5) is 5.82 Å². The molecule has 0 atom stereocenters. The summed E-state index contributed by atoms with van der Waals surface area (Å²) < 4.78 is 11.2. The maximum atomic E-state index is 10.00. The highest BCUT2D eigenvalue weighted by molar-refractivity contribution is 5.78. The van der Waals surface area contributed by atoms with Crippen molar-refractivity contribution in [3.63, 3.8) is 0 Å². The lowest BCUT2D eigenvalue weighted by Gasteiger charge is -2.17. The van der Waals surface area contributed by atoms with Crippen molar-refractivity contribution < 1.29 is 14.6 Å². The van der Waals surface area contributed by atoms with E-state index in [-0.39, 0.29) is 5.75 Å². The largest absolute Gasteiger partial charge is 0.504 e. The van der Waals surface area contributed by atoms with Gasteiger partial charge in [-0.3, -0.25) is 0 Å². The Morgan fingerprint density at radius 2 is 1.87 bits per heavy atom. The molecule has 2 aromatic carbocycles. The third kappa shape index (κ3) is 4.82. The van der Waals surface area contributed by atoms with Crippen LogP contribution >= 0.6 is 0 Å². The Bertz CT molecular complexity index is 1060. The number of anilines is 1. The molecule has 5 nitrogen and oxygen atoms in total. The highest BCUT2D eigenvalue weighted by atomic mass is 16.5. The lowest BCUT2D eigenvalue weighted by molar-refractivity contribution is 0.365. The molecule has 4 rings (SSSR count). The number of phenolic OH excluding ortho intramolecular Hbond substituents is 1. The van der Waals surface area contributed by atoms with Gasteiger partial charge in [-0.15, -0.1) is 0 Å². The molecule has 5 heteroatoms. The number of hydrogen-bond donors (Lipinski definition) is 2. The molecular weight excluding hydrogens is 388 g/mol. The van der Waals surface area contributed by atoms with Gasteiger partial charge in [0.2, 0.25) is 0 Å². The molecule has 1 saturated carbocycles. The summed E-state index contributed by atoms with van der Waals surface area (Å²) in [6.45, 7) is 4.19. The van der Waals surface area contributed by atoms with Gasteiger partial charge in [0.05, 0.1) is 12.8 Å². The van der Waals surface area contributed by atoms with E-state index in [0.717, 1.165) is 46.8 Å². The molecule has 0 aliphatic heterocycles. The van der Waals surface area contributed by atoms with Crippen LogP contribution in [0.15, 0.2) is 67.3 Å². The van der Waals surface area contributed by atoms with Crippen LogP contribution in [-0.2, 0) is 0 Å². The van der Waals surface area contributed by atoms with Gasteiger partial charge in [0, 0.05) is 17.2 Å². The molecule has 1 aliphatic carbocycles. The summed E-state index contributed by atoms with van der Waals surface area (Å²) in [4.78, 5) is 4.88. The molecule has 0 bridgehead atoms. The Balaban J connectivity index is 1.80. The maximum absolute atomic E-state index is 10.00. The molecule has 1 fully saturated rings. The number of hydrogen-bond acceptors (Lipinski definition) is 5. The first-order valence-electron chi connectivity index (χ1n) is 10.7. The fraction of sp³-hybridized carbons (Fsp3) is 0.269. The first-order chi connectivity index (χ1) is 15.2. The van der Waals surface area contributed by atoms with Gasteiger partial charge in [0.1, 0.15) is 18.2 Å². The van der Waals surface area contributed by atoms with E-state index in [4.69, 9.17) is 14.5 Å². The van der Waals surface area contributed by atoms with Crippen molar-refractivity contribution in [2.75, 3.05) is 19.0 Å². The number of aromatic hydroxyl groups is 1. The van der Waals surface area contributed by atoms with E-state index in [0.29, 0.717) is 18.4 Å². The summed E-state index contributed by atoms with van der Waals surface area (Å²) in [5.41, 5.74) is 3.68. The number of ether oxygens (including phenoxy) is 2. The Morgan fingerprint density at radius 3 is 2.65 bits per heavy atom. The molecule has 0 unspecified atom stereocenters. The zero-order valence-corrected chi connectivity index (χ0v) is 17.8. The van der Waals surface area contributed by atoms with Crippen LogP contribution in [0.2, 0.25) is 0 Å². The smallest absolute Gasteiger partial charge is 0.161 e. The van der Waals surface area contributed by atoms with E-state index >= 15 is 0 Å². The number of pyridine rings is 1. The third-order valence-electron chi connectivity index (χ3n) is 5.56. The first-order valence-corrected chi connectivity index (χ1v) is 10.7. The number of benzene rings is 2. The van der Waals surface area contributed by atoms with Crippen molar-refractivity contribution in [3.8, 4) is 39.6 Å². The summed E-state index contributed by atoms with van der Waals surface area (Å²) >= 11 is 0.